The van der Waals surface area contributed by atoms with Gasteiger partial charge >= 0.3 is 0 Å². The third kappa shape index (κ3) is 2.66. The van der Waals surface area contributed by atoms with Gasteiger partial charge in [-0.15, -0.1) is 0 Å². The number of hydrogen-bond acceptors (Lipinski definition) is 3. The number of benzene rings is 1. The van der Waals surface area contributed by atoms with Gasteiger partial charge in [0.25, 0.3) is 0 Å². The highest BCUT2D eigenvalue weighted by molar-refractivity contribution is 5.76. The van der Waals surface area contributed by atoms with Crippen molar-refractivity contribution in [1.82, 2.24) is 14.7 Å². The van der Waals surface area contributed by atoms with Gasteiger partial charge in [0.2, 0.25) is 5.91 Å². The Morgan fingerprint density at radius 1 is 1.15 bits per heavy atom. The van der Waals surface area contributed by atoms with E-state index in [9.17, 15) is 4.79 Å². The maximum Gasteiger partial charge on any atom is 0.244 e. The Bertz CT molecular complexity index is 593. The molecule has 2 aromatic rings. The predicted octanol–water partition coefficient (Wildman–Crippen LogP) is 1.09. The molecule has 1 aromatic carbocycles. The summed E-state index contributed by atoms with van der Waals surface area (Å²) in [5.74, 6) is 0.543. The summed E-state index contributed by atoms with van der Waals surface area (Å²) >= 11 is 0. The SMILES string of the molecule is Nc1ccn(CC(=O)N2CCc3ccccc3CC2)n1. The molecule has 0 bridgehead atoms. The van der Waals surface area contributed by atoms with Crippen molar-refractivity contribution in [3.63, 3.8) is 0 Å². The molecular formula is C15H18N4O. The molecule has 1 aromatic heterocycles. The summed E-state index contributed by atoms with van der Waals surface area (Å²) in [6.07, 6.45) is 3.58. The summed E-state index contributed by atoms with van der Waals surface area (Å²) < 4.78 is 1.59. The highest BCUT2D eigenvalue weighted by atomic mass is 16.2. The fraction of sp³-hybridized carbons (Fsp3) is 0.333. The minimum absolute atomic E-state index is 0.0981. The fourth-order valence-corrected chi connectivity index (χ4v) is 2.62. The molecule has 1 aliphatic heterocycles. The van der Waals surface area contributed by atoms with Gasteiger partial charge in [0.05, 0.1) is 0 Å². The van der Waals surface area contributed by atoms with E-state index in [0.717, 1.165) is 25.9 Å². The number of carbonyl (C=O) groups excluding carboxylic acids is 1. The zero-order chi connectivity index (χ0) is 13.9. The number of fused-ring (bicyclic) bond motifs is 1. The Morgan fingerprint density at radius 2 is 1.80 bits per heavy atom. The summed E-state index contributed by atoms with van der Waals surface area (Å²) in [7, 11) is 0. The minimum atomic E-state index is 0.0981. The molecule has 5 heteroatoms. The van der Waals surface area contributed by atoms with Gasteiger partial charge in [0, 0.05) is 19.3 Å². The lowest BCUT2D eigenvalue weighted by molar-refractivity contribution is -0.131. The van der Waals surface area contributed by atoms with E-state index in [1.165, 1.54) is 11.1 Å². The van der Waals surface area contributed by atoms with Crippen LogP contribution in [-0.2, 0) is 24.2 Å². The molecule has 0 fully saturated rings. The standard InChI is InChI=1S/C15H18N4O/c16-14-7-10-19(17-14)11-15(20)18-8-5-12-3-1-2-4-13(12)6-9-18/h1-4,7,10H,5-6,8-9,11H2,(H2,16,17). The minimum Gasteiger partial charge on any atom is -0.382 e. The van der Waals surface area contributed by atoms with Gasteiger partial charge in [-0.3, -0.25) is 9.48 Å². The van der Waals surface area contributed by atoms with Gasteiger partial charge in [-0.1, -0.05) is 24.3 Å². The van der Waals surface area contributed by atoms with Gasteiger partial charge in [-0.05, 0) is 30.0 Å². The van der Waals surface area contributed by atoms with Crippen LogP contribution >= 0.6 is 0 Å². The van der Waals surface area contributed by atoms with Crippen molar-refractivity contribution in [3.8, 4) is 0 Å². The molecule has 0 radical (unpaired) electrons. The van der Waals surface area contributed by atoms with Crippen LogP contribution < -0.4 is 5.73 Å². The molecule has 1 amide bonds. The molecule has 5 nitrogen and oxygen atoms in total. The first-order chi connectivity index (χ1) is 9.72. The number of nitrogen functional groups attached to an aromatic ring is 1. The monoisotopic (exact) mass is 270 g/mol. The lowest BCUT2D eigenvalue weighted by Crippen LogP contribution is -2.35. The average Bonchev–Trinajstić information content (AvgIpc) is 2.74. The number of anilines is 1. The van der Waals surface area contributed by atoms with E-state index in [0.29, 0.717) is 5.82 Å². The van der Waals surface area contributed by atoms with Gasteiger partial charge in [0.1, 0.15) is 12.4 Å². The van der Waals surface area contributed by atoms with E-state index in [1.54, 1.807) is 16.9 Å². The van der Waals surface area contributed by atoms with E-state index in [1.807, 2.05) is 4.90 Å². The van der Waals surface area contributed by atoms with E-state index in [-0.39, 0.29) is 12.5 Å². The van der Waals surface area contributed by atoms with Crippen molar-refractivity contribution in [1.29, 1.82) is 0 Å². The Balaban J connectivity index is 1.66. The van der Waals surface area contributed by atoms with Gasteiger partial charge < -0.3 is 10.6 Å². The summed E-state index contributed by atoms with van der Waals surface area (Å²) in [6, 6.07) is 10.1. The molecule has 0 saturated carbocycles. The number of hydrogen-bond donors (Lipinski definition) is 1. The lowest BCUT2D eigenvalue weighted by atomic mass is 10.0. The molecule has 0 aliphatic carbocycles. The number of amides is 1. The Hall–Kier alpha value is -2.30. The van der Waals surface area contributed by atoms with Crippen LogP contribution in [0.5, 0.6) is 0 Å². The summed E-state index contributed by atoms with van der Waals surface area (Å²) in [6.45, 7) is 1.80. The number of nitrogens with two attached hydrogens (primary N) is 1. The first kappa shape index (κ1) is 12.7. The van der Waals surface area contributed by atoms with Crippen molar-refractivity contribution < 1.29 is 4.79 Å². The third-order valence-electron chi connectivity index (χ3n) is 3.73. The molecule has 3 rings (SSSR count). The zero-order valence-electron chi connectivity index (χ0n) is 11.3. The molecule has 104 valence electrons. The van der Waals surface area contributed by atoms with Crippen molar-refractivity contribution in [2.75, 3.05) is 18.8 Å². The van der Waals surface area contributed by atoms with Crippen LogP contribution in [0.2, 0.25) is 0 Å². The topological polar surface area (TPSA) is 64.2 Å². The van der Waals surface area contributed by atoms with Crippen LogP contribution in [0.3, 0.4) is 0 Å². The number of nitrogens with zero attached hydrogens (tertiary/aromatic N) is 3. The van der Waals surface area contributed by atoms with Crippen LogP contribution in [0, 0.1) is 0 Å². The molecule has 0 saturated heterocycles. The van der Waals surface area contributed by atoms with E-state index < -0.39 is 0 Å². The first-order valence-corrected chi connectivity index (χ1v) is 6.86. The fourth-order valence-electron chi connectivity index (χ4n) is 2.62. The van der Waals surface area contributed by atoms with Crippen molar-refractivity contribution in [3.05, 3.63) is 47.7 Å². The van der Waals surface area contributed by atoms with E-state index >= 15 is 0 Å². The first-order valence-electron chi connectivity index (χ1n) is 6.86. The summed E-state index contributed by atoms with van der Waals surface area (Å²) in [5.41, 5.74) is 8.26. The van der Waals surface area contributed by atoms with Crippen LogP contribution in [0.15, 0.2) is 36.5 Å². The summed E-state index contributed by atoms with van der Waals surface area (Å²) in [4.78, 5) is 14.2. The van der Waals surface area contributed by atoms with Crippen LogP contribution in [0.25, 0.3) is 0 Å². The summed E-state index contributed by atoms with van der Waals surface area (Å²) in [5, 5.41) is 4.06. The maximum atomic E-state index is 12.3. The average molecular weight is 270 g/mol. The second-order valence-electron chi connectivity index (χ2n) is 5.09. The second kappa shape index (κ2) is 5.36. The highest BCUT2D eigenvalue weighted by Gasteiger charge is 2.18. The van der Waals surface area contributed by atoms with Crippen molar-refractivity contribution in [2.45, 2.75) is 19.4 Å². The molecule has 0 unspecified atom stereocenters. The second-order valence-corrected chi connectivity index (χ2v) is 5.09. The third-order valence-corrected chi connectivity index (χ3v) is 3.73. The normalized spacial score (nSPS) is 14.7. The zero-order valence-corrected chi connectivity index (χ0v) is 11.3. The Kier molecular flexibility index (Phi) is 3.41. The van der Waals surface area contributed by atoms with Crippen molar-refractivity contribution >= 4 is 11.7 Å². The quantitative estimate of drug-likeness (QED) is 0.888. The molecular weight excluding hydrogens is 252 g/mol. The number of aromatic nitrogens is 2. The number of rotatable bonds is 2. The Morgan fingerprint density at radius 3 is 2.35 bits per heavy atom. The Labute approximate surface area is 118 Å². The molecule has 1 aliphatic rings. The van der Waals surface area contributed by atoms with Gasteiger partial charge in [-0.2, -0.15) is 5.10 Å². The molecule has 2 N–H and O–H groups in total. The van der Waals surface area contributed by atoms with Crippen LogP contribution in [0.4, 0.5) is 5.82 Å². The lowest BCUT2D eigenvalue weighted by Gasteiger charge is -2.20. The predicted molar refractivity (Wildman–Crippen MR) is 77.1 cm³/mol. The van der Waals surface area contributed by atoms with E-state index in [4.69, 9.17) is 5.73 Å². The van der Waals surface area contributed by atoms with Crippen molar-refractivity contribution in [2.24, 2.45) is 0 Å². The number of carbonyl (C=O) groups is 1. The van der Waals surface area contributed by atoms with E-state index in [2.05, 4.69) is 29.4 Å². The highest BCUT2D eigenvalue weighted by Crippen LogP contribution is 2.15. The van der Waals surface area contributed by atoms with Gasteiger partial charge in [0.15, 0.2) is 0 Å². The molecule has 20 heavy (non-hydrogen) atoms. The molecule has 2 heterocycles. The van der Waals surface area contributed by atoms with Crippen LogP contribution in [0.1, 0.15) is 11.1 Å². The molecule has 0 spiro atoms. The maximum absolute atomic E-state index is 12.3. The largest absolute Gasteiger partial charge is 0.382 e. The van der Waals surface area contributed by atoms with Gasteiger partial charge in [-0.25, -0.2) is 0 Å². The molecule has 0 atom stereocenters. The smallest absolute Gasteiger partial charge is 0.244 e. The van der Waals surface area contributed by atoms with Crippen LogP contribution in [-0.4, -0.2) is 33.7 Å².